The van der Waals surface area contributed by atoms with Crippen molar-refractivity contribution in [3.8, 4) is 0 Å². The normalized spacial score (nSPS) is 17.7. The van der Waals surface area contributed by atoms with Gasteiger partial charge >= 0.3 is 0 Å². The summed E-state index contributed by atoms with van der Waals surface area (Å²) in [5, 5.41) is 0. The van der Waals surface area contributed by atoms with Crippen LogP contribution in [-0.4, -0.2) is 34.6 Å². The molecule has 0 radical (unpaired) electrons. The molecule has 2 aromatic rings. The second-order valence-corrected chi connectivity index (χ2v) is 5.70. The summed E-state index contributed by atoms with van der Waals surface area (Å²) in [5.41, 5.74) is 2.38. The van der Waals surface area contributed by atoms with Gasteiger partial charge in [-0.25, -0.2) is 9.97 Å². The maximum atomic E-state index is 12.7. The fraction of sp³-hybridized carbons (Fsp3) is 0.222. The van der Waals surface area contributed by atoms with E-state index in [0.717, 1.165) is 0 Å². The van der Waals surface area contributed by atoms with Crippen molar-refractivity contribution in [2.75, 3.05) is 18.0 Å². The molecule has 23 heavy (non-hydrogen) atoms. The van der Waals surface area contributed by atoms with Gasteiger partial charge in [-0.05, 0) is 18.9 Å². The van der Waals surface area contributed by atoms with E-state index in [1.807, 2.05) is 4.90 Å². The lowest BCUT2D eigenvalue weighted by molar-refractivity contribution is 0.0970. The molecular formula is C18H15N3O2. The van der Waals surface area contributed by atoms with E-state index in [0.29, 0.717) is 54.2 Å². The number of anilines is 1. The highest BCUT2D eigenvalue weighted by Crippen LogP contribution is 2.32. The molecule has 0 N–H and O–H groups in total. The van der Waals surface area contributed by atoms with Gasteiger partial charge in [-0.1, -0.05) is 24.3 Å². The molecule has 114 valence electrons. The van der Waals surface area contributed by atoms with Gasteiger partial charge in [0.05, 0.1) is 0 Å². The van der Waals surface area contributed by atoms with Crippen molar-refractivity contribution in [1.29, 1.82) is 0 Å². The summed E-state index contributed by atoms with van der Waals surface area (Å²) in [6.07, 6.45) is 4.50. The number of rotatable bonds is 1. The first-order valence-electron chi connectivity index (χ1n) is 7.68. The van der Waals surface area contributed by atoms with Gasteiger partial charge in [-0.15, -0.1) is 0 Å². The van der Waals surface area contributed by atoms with Crippen molar-refractivity contribution in [2.24, 2.45) is 0 Å². The van der Waals surface area contributed by atoms with Crippen LogP contribution >= 0.6 is 0 Å². The summed E-state index contributed by atoms with van der Waals surface area (Å²) >= 11 is 0. The van der Waals surface area contributed by atoms with Crippen molar-refractivity contribution in [1.82, 2.24) is 9.97 Å². The molecule has 0 atom stereocenters. The van der Waals surface area contributed by atoms with Crippen LogP contribution in [0.15, 0.2) is 53.9 Å². The Morgan fingerprint density at radius 2 is 1.30 bits per heavy atom. The first-order valence-corrected chi connectivity index (χ1v) is 7.68. The maximum Gasteiger partial charge on any atom is 0.225 e. The van der Waals surface area contributed by atoms with Gasteiger partial charge in [-0.3, -0.25) is 9.59 Å². The first-order chi connectivity index (χ1) is 11.3. The second kappa shape index (κ2) is 5.43. The van der Waals surface area contributed by atoms with E-state index in [2.05, 4.69) is 9.97 Å². The molecule has 1 aliphatic heterocycles. The molecule has 2 heterocycles. The molecular weight excluding hydrogens is 290 g/mol. The Morgan fingerprint density at radius 1 is 0.783 bits per heavy atom. The van der Waals surface area contributed by atoms with Crippen LogP contribution in [0.2, 0.25) is 0 Å². The minimum absolute atomic E-state index is 0.00831. The van der Waals surface area contributed by atoms with Crippen molar-refractivity contribution >= 4 is 17.5 Å². The van der Waals surface area contributed by atoms with Crippen LogP contribution in [0.3, 0.4) is 0 Å². The molecule has 0 saturated heterocycles. The van der Waals surface area contributed by atoms with Gasteiger partial charge in [0.25, 0.3) is 0 Å². The minimum atomic E-state index is -0.00831. The number of benzene rings is 1. The van der Waals surface area contributed by atoms with Crippen LogP contribution in [0, 0.1) is 0 Å². The van der Waals surface area contributed by atoms with Gasteiger partial charge in [-0.2, -0.15) is 0 Å². The third-order valence-corrected chi connectivity index (χ3v) is 4.43. The quantitative estimate of drug-likeness (QED) is 0.810. The van der Waals surface area contributed by atoms with E-state index in [9.17, 15) is 9.59 Å². The molecule has 0 fully saturated rings. The Morgan fingerprint density at radius 3 is 1.83 bits per heavy atom. The van der Waals surface area contributed by atoms with Gasteiger partial charge in [0.2, 0.25) is 5.95 Å². The molecule has 1 aromatic heterocycles. The molecule has 1 aromatic carbocycles. The predicted molar refractivity (Wildman–Crippen MR) is 85.6 cm³/mol. The lowest BCUT2D eigenvalue weighted by atomic mass is 9.82. The van der Waals surface area contributed by atoms with E-state index in [-0.39, 0.29) is 11.6 Å². The zero-order valence-corrected chi connectivity index (χ0v) is 12.5. The number of hydrogen-bond donors (Lipinski definition) is 0. The first kappa shape index (κ1) is 13.8. The predicted octanol–water partition coefficient (Wildman–Crippen LogP) is 2.45. The third-order valence-electron chi connectivity index (χ3n) is 4.43. The molecule has 0 unspecified atom stereocenters. The fourth-order valence-electron chi connectivity index (χ4n) is 3.27. The molecule has 1 aliphatic carbocycles. The monoisotopic (exact) mass is 305 g/mol. The lowest BCUT2D eigenvalue weighted by Crippen LogP contribution is -2.26. The van der Waals surface area contributed by atoms with Gasteiger partial charge in [0.15, 0.2) is 11.6 Å². The van der Waals surface area contributed by atoms with E-state index >= 15 is 0 Å². The zero-order valence-electron chi connectivity index (χ0n) is 12.5. The highest BCUT2D eigenvalue weighted by Gasteiger charge is 2.33. The summed E-state index contributed by atoms with van der Waals surface area (Å²) in [6, 6.07) is 8.85. The molecule has 0 spiro atoms. The Bertz CT molecular complexity index is 778. The van der Waals surface area contributed by atoms with Crippen molar-refractivity contribution in [2.45, 2.75) is 12.8 Å². The van der Waals surface area contributed by atoms with Crippen LogP contribution in [0.1, 0.15) is 33.6 Å². The largest absolute Gasteiger partial charge is 0.340 e. The van der Waals surface area contributed by atoms with E-state index in [1.165, 1.54) is 0 Å². The average molecular weight is 305 g/mol. The van der Waals surface area contributed by atoms with Crippen LogP contribution in [0.4, 0.5) is 5.95 Å². The Labute approximate surface area is 133 Å². The average Bonchev–Trinajstić information content (AvgIpc) is 2.84. The number of carbonyl (C=O) groups is 2. The molecule has 5 nitrogen and oxygen atoms in total. The Kier molecular flexibility index (Phi) is 3.26. The summed E-state index contributed by atoms with van der Waals surface area (Å²) < 4.78 is 0. The maximum absolute atomic E-state index is 12.7. The number of Topliss-reactive ketones (excluding diaryl/α,β-unsaturated/α-hetero) is 2. The van der Waals surface area contributed by atoms with E-state index in [1.54, 1.807) is 42.7 Å². The lowest BCUT2D eigenvalue weighted by Gasteiger charge is -2.19. The summed E-state index contributed by atoms with van der Waals surface area (Å²) in [6.45, 7) is 1.29. The van der Waals surface area contributed by atoms with Crippen molar-refractivity contribution in [3.63, 3.8) is 0 Å². The van der Waals surface area contributed by atoms with Crippen molar-refractivity contribution < 1.29 is 9.59 Å². The number of fused-ring (bicyclic) bond motifs is 1. The van der Waals surface area contributed by atoms with Gasteiger partial charge in [0.1, 0.15) is 0 Å². The van der Waals surface area contributed by atoms with E-state index in [4.69, 9.17) is 0 Å². The van der Waals surface area contributed by atoms with Crippen LogP contribution in [-0.2, 0) is 0 Å². The standard InChI is InChI=1S/C18H15N3O2/c22-16-12-4-1-2-5-13(12)17(23)15-7-11-21(10-6-14(15)16)18-19-8-3-9-20-18/h1-5,8-9H,6-7,10-11H2. The van der Waals surface area contributed by atoms with Crippen LogP contribution in [0.25, 0.3) is 0 Å². The number of nitrogens with zero attached hydrogens (tertiary/aromatic N) is 3. The minimum Gasteiger partial charge on any atom is -0.340 e. The summed E-state index contributed by atoms with van der Waals surface area (Å²) in [7, 11) is 0. The van der Waals surface area contributed by atoms with Crippen LogP contribution < -0.4 is 4.90 Å². The number of aromatic nitrogens is 2. The topological polar surface area (TPSA) is 63.2 Å². The number of hydrogen-bond acceptors (Lipinski definition) is 5. The number of ketones is 2. The van der Waals surface area contributed by atoms with Crippen molar-refractivity contribution in [3.05, 3.63) is 65.0 Å². The Balaban J connectivity index is 1.67. The SMILES string of the molecule is O=C1C2=C(CCN(c3ncccn3)CC2)C(=O)c2ccccc21. The van der Waals surface area contributed by atoms with E-state index < -0.39 is 0 Å². The summed E-state index contributed by atoms with van der Waals surface area (Å²) in [5.74, 6) is 0.627. The third kappa shape index (κ3) is 2.25. The molecule has 2 aliphatic rings. The van der Waals surface area contributed by atoms with Gasteiger partial charge < -0.3 is 4.90 Å². The van der Waals surface area contributed by atoms with Gasteiger partial charge in [0, 0.05) is 47.8 Å². The highest BCUT2D eigenvalue weighted by atomic mass is 16.1. The number of carbonyl (C=O) groups excluding carboxylic acids is 2. The molecule has 5 heteroatoms. The second-order valence-electron chi connectivity index (χ2n) is 5.70. The zero-order chi connectivity index (χ0) is 15.8. The molecule has 0 saturated carbocycles. The molecule has 4 rings (SSSR count). The highest BCUT2D eigenvalue weighted by molar-refractivity contribution is 6.27. The Hall–Kier alpha value is -2.82. The van der Waals surface area contributed by atoms with Crippen LogP contribution in [0.5, 0.6) is 0 Å². The smallest absolute Gasteiger partial charge is 0.225 e. The summed E-state index contributed by atoms with van der Waals surface area (Å²) in [4.78, 5) is 36.0. The molecule has 0 bridgehead atoms. The fourth-order valence-corrected chi connectivity index (χ4v) is 3.27. The molecule has 0 amide bonds.